The summed E-state index contributed by atoms with van der Waals surface area (Å²) in [6.45, 7) is 4.05. The average molecular weight is 688 g/mol. The van der Waals surface area contributed by atoms with Crippen LogP contribution >= 0.6 is 7.82 Å². The second-order valence-corrected chi connectivity index (χ2v) is 15.2. The molecule has 7 nitrogen and oxygen atoms in total. The summed E-state index contributed by atoms with van der Waals surface area (Å²) in [6, 6.07) is -0.903. The molecule has 2 atom stereocenters. The molecule has 0 aliphatic carbocycles. The van der Waals surface area contributed by atoms with Gasteiger partial charge < -0.3 is 20.2 Å². The van der Waals surface area contributed by atoms with Gasteiger partial charge in [-0.2, -0.15) is 0 Å². The van der Waals surface area contributed by atoms with Gasteiger partial charge in [0.2, 0.25) is 5.91 Å². The molecule has 0 saturated carbocycles. The van der Waals surface area contributed by atoms with Gasteiger partial charge >= 0.3 is 7.82 Å². The van der Waals surface area contributed by atoms with Crippen molar-refractivity contribution in [3.8, 4) is 0 Å². The lowest BCUT2D eigenvalue weighted by molar-refractivity contribution is -0.123. The quantitative estimate of drug-likeness (QED) is 0.0293. The Morgan fingerprint density at radius 2 is 0.936 bits per heavy atom. The number of rotatable bonds is 37. The molecule has 0 aromatic heterocycles. The maximum absolute atomic E-state index is 12.5. The lowest BCUT2D eigenvalue weighted by Crippen LogP contribution is -2.45. The fourth-order valence-corrected chi connectivity index (χ4v) is 6.52. The fraction of sp³-hybridized carbons (Fsp3) is 0.923. The van der Waals surface area contributed by atoms with Crippen molar-refractivity contribution in [3.63, 3.8) is 0 Å². The minimum Gasteiger partial charge on any atom is -0.387 e. The number of carbonyl (C=O) groups is 1. The first-order chi connectivity index (χ1) is 22.8. The van der Waals surface area contributed by atoms with Crippen LogP contribution in [0.5, 0.6) is 0 Å². The monoisotopic (exact) mass is 688 g/mol. The van der Waals surface area contributed by atoms with Gasteiger partial charge in [-0.3, -0.25) is 9.32 Å². The number of phosphoric ester groups is 1. The molecule has 0 bridgehead atoms. The number of hydrogen-bond acceptors (Lipinski definition) is 4. The van der Waals surface area contributed by atoms with E-state index in [0.29, 0.717) is 6.42 Å². The Morgan fingerprint density at radius 3 is 1.30 bits per heavy atom. The smallest absolute Gasteiger partial charge is 0.387 e. The highest BCUT2D eigenvalue weighted by Gasteiger charge is 2.24. The summed E-state index contributed by atoms with van der Waals surface area (Å²) in [5.41, 5.74) is 0. The highest BCUT2D eigenvalue weighted by atomic mass is 31.2. The molecule has 280 valence electrons. The zero-order valence-corrected chi connectivity index (χ0v) is 31.8. The van der Waals surface area contributed by atoms with Gasteiger partial charge in [-0.05, 0) is 19.3 Å². The van der Waals surface area contributed by atoms with Crippen LogP contribution in [0.15, 0.2) is 12.2 Å². The van der Waals surface area contributed by atoms with Crippen molar-refractivity contribution in [2.75, 3.05) is 6.61 Å². The zero-order valence-electron chi connectivity index (χ0n) is 31.0. The van der Waals surface area contributed by atoms with E-state index in [0.717, 1.165) is 38.5 Å². The summed E-state index contributed by atoms with van der Waals surface area (Å²) in [4.78, 5) is 30.8. The number of aliphatic hydroxyl groups excluding tert-OH is 1. The third-order valence-corrected chi connectivity index (χ3v) is 9.73. The van der Waals surface area contributed by atoms with E-state index in [2.05, 4.69) is 23.7 Å². The first-order valence-electron chi connectivity index (χ1n) is 20.1. The number of unbranched alkanes of at least 4 members (excludes halogenated alkanes) is 28. The van der Waals surface area contributed by atoms with Gasteiger partial charge in [0.25, 0.3) is 0 Å². The van der Waals surface area contributed by atoms with Gasteiger partial charge in [-0.1, -0.05) is 199 Å². The summed E-state index contributed by atoms with van der Waals surface area (Å²) in [7, 11) is -4.70. The highest BCUT2D eigenvalue weighted by Crippen LogP contribution is 2.35. The van der Waals surface area contributed by atoms with Crippen LogP contribution in [0.4, 0.5) is 0 Å². The molecule has 0 aliphatic heterocycles. The molecule has 8 heteroatoms. The average Bonchev–Trinajstić information content (AvgIpc) is 3.04. The second kappa shape index (κ2) is 35.1. The molecule has 4 N–H and O–H groups in total. The van der Waals surface area contributed by atoms with Crippen LogP contribution < -0.4 is 5.32 Å². The van der Waals surface area contributed by atoms with Gasteiger partial charge in [0, 0.05) is 6.42 Å². The number of phosphoric acid groups is 1. The lowest BCUT2D eigenvalue weighted by Gasteiger charge is -2.22. The number of nitrogens with one attached hydrogen (secondary N) is 1. The van der Waals surface area contributed by atoms with Crippen molar-refractivity contribution in [1.82, 2.24) is 5.32 Å². The summed E-state index contributed by atoms with van der Waals surface area (Å²) < 4.78 is 15.8. The van der Waals surface area contributed by atoms with Crippen molar-refractivity contribution in [3.05, 3.63) is 12.2 Å². The van der Waals surface area contributed by atoms with Crippen LogP contribution in [0.3, 0.4) is 0 Å². The number of amides is 1. The van der Waals surface area contributed by atoms with Crippen LogP contribution in [0, 0.1) is 0 Å². The third kappa shape index (κ3) is 36.4. The molecular formula is C39H78NO6P. The second-order valence-electron chi connectivity index (χ2n) is 14.0. The van der Waals surface area contributed by atoms with Crippen LogP contribution in [-0.4, -0.2) is 39.6 Å². The van der Waals surface area contributed by atoms with Crippen LogP contribution in [0.25, 0.3) is 0 Å². The van der Waals surface area contributed by atoms with E-state index in [1.54, 1.807) is 6.08 Å². The van der Waals surface area contributed by atoms with Crippen molar-refractivity contribution >= 4 is 13.7 Å². The van der Waals surface area contributed by atoms with Crippen molar-refractivity contribution in [2.24, 2.45) is 0 Å². The van der Waals surface area contributed by atoms with Gasteiger partial charge in [-0.15, -0.1) is 0 Å². The zero-order chi connectivity index (χ0) is 34.7. The maximum Gasteiger partial charge on any atom is 0.469 e. The maximum atomic E-state index is 12.5. The first-order valence-corrected chi connectivity index (χ1v) is 21.7. The van der Waals surface area contributed by atoms with Crippen LogP contribution in [0.1, 0.15) is 213 Å². The van der Waals surface area contributed by atoms with Crippen molar-refractivity contribution in [2.45, 2.75) is 225 Å². The molecule has 0 aliphatic rings. The van der Waals surface area contributed by atoms with Gasteiger partial charge in [-0.25, -0.2) is 4.57 Å². The molecular weight excluding hydrogens is 609 g/mol. The standard InChI is InChI=1S/C39H78NO6P/c1-3-5-7-9-11-13-15-16-17-18-19-20-21-22-23-24-25-27-29-31-33-35-39(42)40-37(36-46-47(43,44)45)38(41)34-32-30-28-26-14-12-10-8-6-4-2/h32,34,37-38,41H,3-31,33,35-36H2,1-2H3,(H,40,42)(H2,43,44,45)/b34-32+/t37-,38+/m0/s1. The Morgan fingerprint density at radius 1 is 0.596 bits per heavy atom. The highest BCUT2D eigenvalue weighted by molar-refractivity contribution is 7.46. The largest absolute Gasteiger partial charge is 0.469 e. The summed E-state index contributed by atoms with van der Waals surface area (Å²) >= 11 is 0. The topological polar surface area (TPSA) is 116 Å². The van der Waals surface area contributed by atoms with Crippen molar-refractivity contribution in [1.29, 1.82) is 0 Å². The van der Waals surface area contributed by atoms with E-state index < -0.39 is 26.6 Å². The Kier molecular flexibility index (Phi) is 34.6. The molecule has 0 rings (SSSR count). The SMILES string of the molecule is CCCCCCCCCC/C=C/[C@@H](O)[C@H](COP(=O)(O)O)NC(=O)CCCCCCCCCCCCCCCCCCCCCCC. The van der Waals surface area contributed by atoms with E-state index >= 15 is 0 Å². The Labute approximate surface area is 291 Å². The van der Waals surface area contributed by atoms with Crippen LogP contribution in [0.2, 0.25) is 0 Å². The van der Waals surface area contributed by atoms with Gasteiger partial charge in [0.05, 0.1) is 18.8 Å². The summed E-state index contributed by atoms with van der Waals surface area (Å²) in [6.07, 6.45) is 41.0. The van der Waals surface area contributed by atoms with E-state index in [9.17, 15) is 14.5 Å². The summed E-state index contributed by atoms with van der Waals surface area (Å²) in [5, 5.41) is 13.3. The van der Waals surface area contributed by atoms with E-state index in [-0.39, 0.29) is 5.91 Å². The fourth-order valence-electron chi connectivity index (χ4n) is 6.17. The molecule has 0 radical (unpaired) electrons. The Balaban J connectivity index is 3.85. The minimum absolute atomic E-state index is 0.224. The number of aliphatic hydroxyl groups is 1. The van der Waals surface area contributed by atoms with E-state index in [1.165, 1.54) is 154 Å². The third-order valence-electron chi connectivity index (χ3n) is 9.25. The molecule has 0 aromatic rings. The molecule has 0 heterocycles. The Bertz CT molecular complexity index is 743. The predicted octanol–water partition coefficient (Wildman–Crippen LogP) is 11.6. The predicted molar refractivity (Wildman–Crippen MR) is 200 cm³/mol. The van der Waals surface area contributed by atoms with E-state index in [1.807, 2.05) is 6.08 Å². The van der Waals surface area contributed by atoms with Gasteiger partial charge in [0.1, 0.15) is 0 Å². The Hall–Kier alpha value is -0.720. The molecule has 0 aromatic carbocycles. The number of allylic oxidation sites excluding steroid dienone is 1. The van der Waals surface area contributed by atoms with Gasteiger partial charge in [0.15, 0.2) is 0 Å². The van der Waals surface area contributed by atoms with E-state index in [4.69, 9.17) is 9.79 Å². The molecule has 0 spiro atoms. The number of hydrogen-bond donors (Lipinski definition) is 4. The first kappa shape index (κ1) is 46.3. The normalized spacial score (nSPS) is 13.4. The number of carbonyl (C=O) groups excluding carboxylic acids is 1. The molecule has 47 heavy (non-hydrogen) atoms. The molecule has 1 amide bonds. The lowest BCUT2D eigenvalue weighted by atomic mass is 10.0. The van der Waals surface area contributed by atoms with Crippen LogP contribution in [-0.2, 0) is 13.9 Å². The van der Waals surface area contributed by atoms with Crippen molar-refractivity contribution < 1.29 is 28.8 Å². The minimum atomic E-state index is -4.70. The molecule has 0 unspecified atom stereocenters. The molecule has 0 saturated heterocycles. The summed E-state index contributed by atoms with van der Waals surface area (Å²) in [5.74, 6) is -0.224. The molecule has 0 fully saturated rings.